The molecule has 17 heavy (non-hydrogen) atoms. The van der Waals surface area contributed by atoms with Crippen LogP contribution < -0.4 is 10.9 Å². The van der Waals surface area contributed by atoms with Gasteiger partial charge in [-0.05, 0) is 24.9 Å². The lowest BCUT2D eigenvalue weighted by Gasteiger charge is -2.06. The highest BCUT2D eigenvalue weighted by Gasteiger charge is 1.98. The zero-order valence-corrected chi connectivity index (χ0v) is 11.4. The van der Waals surface area contributed by atoms with Gasteiger partial charge in [0.25, 0.3) is 5.56 Å². The number of unbranched alkanes of at least 4 members (excludes halogenated alkanes) is 2. The predicted molar refractivity (Wildman–Crippen MR) is 75.0 cm³/mol. The molecule has 0 aliphatic carbocycles. The summed E-state index contributed by atoms with van der Waals surface area (Å²) in [6.45, 7) is 2.86. The Hall–Kier alpha value is -0.970. The predicted octanol–water partition coefficient (Wildman–Crippen LogP) is 2.28. The van der Waals surface area contributed by atoms with Gasteiger partial charge in [0, 0.05) is 19.0 Å². The average Bonchev–Trinajstić information content (AvgIpc) is 2.33. The highest BCUT2D eigenvalue weighted by Crippen LogP contribution is 2.04. The first kappa shape index (κ1) is 14.1. The quantitative estimate of drug-likeness (QED) is 0.700. The molecule has 96 valence electrons. The molecule has 0 fully saturated rings. The second-order valence-electron chi connectivity index (χ2n) is 3.91. The minimum absolute atomic E-state index is 0.0817. The van der Waals surface area contributed by atoms with Gasteiger partial charge in [0.1, 0.15) is 11.6 Å². The maximum Gasteiger partial charge on any atom is 0.252 e. The smallest absolute Gasteiger partial charge is 0.252 e. The van der Waals surface area contributed by atoms with E-state index in [0.717, 1.165) is 25.2 Å². The van der Waals surface area contributed by atoms with Crippen molar-refractivity contribution in [3.8, 4) is 0 Å². The number of aromatic nitrogens is 2. The van der Waals surface area contributed by atoms with Gasteiger partial charge in [-0.2, -0.15) is 11.8 Å². The van der Waals surface area contributed by atoms with Gasteiger partial charge in [0.05, 0.1) is 0 Å². The lowest BCUT2D eigenvalue weighted by molar-refractivity contribution is 0.747. The molecular weight excluding hydrogens is 234 g/mol. The summed E-state index contributed by atoms with van der Waals surface area (Å²) >= 11 is 1.88. The van der Waals surface area contributed by atoms with Crippen molar-refractivity contribution in [2.24, 2.45) is 0 Å². The number of hydrogen-bond acceptors (Lipinski definition) is 4. The fraction of sp³-hybridized carbons (Fsp3) is 0.667. The van der Waals surface area contributed by atoms with Crippen molar-refractivity contribution in [2.45, 2.75) is 32.6 Å². The van der Waals surface area contributed by atoms with Gasteiger partial charge in [-0.15, -0.1) is 0 Å². The number of anilines is 1. The zero-order chi connectivity index (χ0) is 12.5. The Morgan fingerprint density at radius 2 is 2.24 bits per heavy atom. The number of rotatable bonds is 8. The van der Waals surface area contributed by atoms with Gasteiger partial charge in [-0.25, -0.2) is 4.98 Å². The van der Waals surface area contributed by atoms with Crippen LogP contribution in [-0.4, -0.2) is 28.5 Å². The third-order valence-corrected chi connectivity index (χ3v) is 3.15. The first-order valence-corrected chi connectivity index (χ1v) is 7.48. The van der Waals surface area contributed by atoms with Crippen LogP contribution in [0.15, 0.2) is 10.9 Å². The van der Waals surface area contributed by atoms with Crippen molar-refractivity contribution in [1.29, 1.82) is 0 Å². The molecule has 0 aliphatic rings. The standard InChI is InChI=1S/C12H21N3OS/c1-3-10-14-11(9-12(16)15-10)13-7-5-4-6-8-17-2/h9H,3-8H2,1-2H3,(H2,13,14,15,16). The zero-order valence-electron chi connectivity index (χ0n) is 10.6. The van der Waals surface area contributed by atoms with E-state index < -0.39 is 0 Å². The monoisotopic (exact) mass is 255 g/mol. The molecule has 0 spiro atoms. The minimum atomic E-state index is -0.0817. The van der Waals surface area contributed by atoms with Gasteiger partial charge in [0.2, 0.25) is 0 Å². The van der Waals surface area contributed by atoms with E-state index in [4.69, 9.17) is 0 Å². The lowest BCUT2D eigenvalue weighted by Crippen LogP contribution is -2.13. The third kappa shape index (κ3) is 5.77. The molecule has 0 saturated heterocycles. The van der Waals surface area contributed by atoms with Crippen molar-refractivity contribution in [2.75, 3.05) is 23.9 Å². The molecule has 0 aromatic carbocycles. The largest absolute Gasteiger partial charge is 0.370 e. The van der Waals surface area contributed by atoms with Crippen molar-refractivity contribution in [1.82, 2.24) is 9.97 Å². The maximum atomic E-state index is 11.3. The Morgan fingerprint density at radius 1 is 1.41 bits per heavy atom. The van der Waals surface area contributed by atoms with E-state index in [0.29, 0.717) is 5.82 Å². The van der Waals surface area contributed by atoms with E-state index in [1.165, 1.54) is 24.7 Å². The number of thioether (sulfide) groups is 1. The molecule has 0 amide bonds. The fourth-order valence-electron chi connectivity index (χ4n) is 1.53. The summed E-state index contributed by atoms with van der Waals surface area (Å²) in [7, 11) is 0. The highest BCUT2D eigenvalue weighted by molar-refractivity contribution is 7.98. The van der Waals surface area contributed by atoms with Crippen LogP contribution in [0.2, 0.25) is 0 Å². The van der Waals surface area contributed by atoms with Gasteiger partial charge in [0.15, 0.2) is 0 Å². The topological polar surface area (TPSA) is 57.8 Å². The van der Waals surface area contributed by atoms with Crippen molar-refractivity contribution in [3.05, 3.63) is 22.2 Å². The number of hydrogen-bond donors (Lipinski definition) is 2. The molecule has 0 saturated carbocycles. The van der Waals surface area contributed by atoms with Crippen LogP contribution in [0.5, 0.6) is 0 Å². The van der Waals surface area contributed by atoms with E-state index >= 15 is 0 Å². The van der Waals surface area contributed by atoms with Crippen LogP contribution in [-0.2, 0) is 6.42 Å². The van der Waals surface area contributed by atoms with Crippen LogP contribution in [0.3, 0.4) is 0 Å². The maximum absolute atomic E-state index is 11.3. The van der Waals surface area contributed by atoms with Crippen molar-refractivity contribution < 1.29 is 0 Å². The number of H-pyrrole nitrogens is 1. The SMILES string of the molecule is CCc1nc(NCCCCCSC)cc(=O)[nH]1. The summed E-state index contributed by atoms with van der Waals surface area (Å²) < 4.78 is 0. The molecule has 1 aromatic heterocycles. The van der Waals surface area contributed by atoms with Gasteiger partial charge in [-0.3, -0.25) is 4.79 Å². The molecule has 0 aliphatic heterocycles. The first-order valence-electron chi connectivity index (χ1n) is 6.09. The lowest BCUT2D eigenvalue weighted by atomic mass is 10.2. The van der Waals surface area contributed by atoms with Gasteiger partial charge in [-0.1, -0.05) is 13.3 Å². The number of nitrogens with zero attached hydrogens (tertiary/aromatic N) is 1. The Kier molecular flexibility index (Phi) is 6.77. The summed E-state index contributed by atoms with van der Waals surface area (Å²) in [6, 6.07) is 1.51. The second-order valence-corrected chi connectivity index (χ2v) is 4.90. The molecule has 0 atom stereocenters. The van der Waals surface area contributed by atoms with Crippen LogP contribution in [0.25, 0.3) is 0 Å². The summed E-state index contributed by atoms with van der Waals surface area (Å²) in [5.41, 5.74) is -0.0817. The molecular formula is C12H21N3OS. The van der Waals surface area contributed by atoms with Crippen molar-refractivity contribution in [3.63, 3.8) is 0 Å². The van der Waals surface area contributed by atoms with Gasteiger partial charge >= 0.3 is 0 Å². The molecule has 5 heteroatoms. The fourth-order valence-corrected chi connectivity index (χ4v) is 2.02. The molecule has 4 nitrogen and oxygen atoms in total. The van der Waals surface area contributed by atoms with E-state index in [-0.39, 0.29) is 5.56 Å². The van der Waals surface area contributed by atoms with Crippen LogP contribution >= 0.6 is 11.8 Å². The Balaban J connectivity index is 2.31. The summed E-state index contributed by atoms with van der Waals surface area (Å²) in [4.78, 5) is 18.3. The van der Waals surface area contributed by atoms with E-state index in [2.05, 4.69) is 21.5 Å². The molecule has 2 N–H and O–H groups in total. The number of aryl methyl sites for hydroxylation is 1. The molecule has 0 radical (unpaired) electrons. The Labute approximate surface area is 107 Å². The van der Waals surface area contributed by atoms with Crippen LogP contribution in [0.1, 0.15) is 32.0 Å². The Bertz CT molecular complexity index is 378. The Morgan fingerprint density at radius 3 is 2.94 bits per heavy atom. The summed E-state index contributed by atoms with van der Waals surface area (Å²) in [6.07, 6.45) is 6.48. The molecule has 0 bridgehead atoms. The summed E-state index contributed by atoms with van der Waals surface area (Å²) in [5, 5.41) is 3.20. The van der Waals surface area contributed by atoms with Gasteiger partial charge < -0.3 is 10.3 Å². The minimum Gasteiger partial charge on any atom is -0.370 e. The van der Waals surface area contributed by atoms with Crippen LogP contribution in [0.4, 0.5) is 5.82 Å². The molecule has 1 rings (SSSR count). The normalized spacial score (nSPS) is 10.5. The summed E-state index contributed by atoms with van der Waals surface area (Å²) in [5.74, 6) is 2.65. The third-order valence-electron chi connectivity index (χ3n) is 2.46. The van der Waals surface area contributed by atoms with Crippen LogP contribution in [0, 0.1) is 0 Å². The van der Waals surface area contributed by atoms with E-state index in [1.807, 2.05) is 18.7 Å². The van der Waals surface area contributed by atoms with E-state index in [1.54, 1.807) is 0 Å². The first-order chi connectivity index (χ1) is 8.26. The average molecular weight is 255 g/mol. The van der Waals surface area contributed by atoms with Crippen molar-refractivity contribution >= 4 is 17.6 Å². The molecule has 0 unspecified atom stereocenters. The molecule has 1 heterocycles. The number of nitrogens with one attached hydrogen (secondary N) is 2. The molecule has 1 aromatic rings. The highest BCUT2D eigenvalue weighted by atomic mass is 32.2. The van der Waals surface area contributed by atoms with E-state index in [9.17, 15) is 4.79 Å². The second kappa shape index (κ2) is 8.17. The number of aromatic amines is 1.